The van der Waals surface area contributed by atoms with E-state index in [1.54, 1.807) is 0 Å². The van der Waals surface area contributed by atoms with Gasteiger partial charge in [0.25, 0.3) is 0 Å². The number of nitrogen functional groups attached to an aromatic ring is 1. The molecule has 35 heavy (non-hydrogen) atoms. The molecule has 3 aliphatic heterocycles. The number of nitriles is 1. The Morgan fingerprint density at radius 3 is 2.71 bits per heavy atom. The highest BCUT2D eigenvalue weighted by atomic mass is 32.1. The topological polar surface area (TPSA) is 91.3 Å². The molecule has 2 bridgehead atoms. The van der Waals surface area contributed by atoms with E-state index in [9.17, 15) is 9.65 Å². The molecule has 2 fully saturated rings. The fourth-order valence-electron chi connectivity index (χ4n) is 6.08. The van der Waals surface area contributed by atoms with Crippen molar-refractivity contribution < 1.29 is 13.5 Å². The minimum absolute atomic E-state index is 0.159. The Bertz CT molecular complexity index is 1610. The molecule has 10 heteroatoms. The van der Waals surface area contributed by atoms with Gasteiger partial charge in [0, 0.05) is 36.1 Å². The predicted molar refractivity (Wildman–Crippen MR) is 130 cm³/mol. The van der Waals surface area contributed by atoms with Crippen LogP contribution in [0.1, 0.15) is 23.1 Å². The van der Waals surface area contributed by atoms with E-state index in [2.05, 4.69) is 32.9 Å². The van der Waals surface area contributed by atoms with Crippen molar-refractivity contribution in [3.8, 4) is 17.2 Å². The lowest BCUT2D eigenvalue weighted by molar-refractivity contribution is 0.135. The highest BCUT2D eigenvalue weighted by Gasteiger charge is 2.43. The molecule has 2 aromatic carbocycles. The summed E-state index contributed by atoms with van der Waals surface area (Å²) in [6.45, 7) is 2.30. The summed E-state index contributed by atoms with van der Waals surface area (Å²) in [7, 11) is 2.13. The van der Waals surface area contributed by atoms with Crippen molar-refractivity contribution in [1.29, 1.82) is 5.26 Å². The van der Waals surface area contributed by atoms with Gasteiger partial charge in [-0.15, -0.1) is 11.3 Å². The smallest absolute Gasteiger partial charge is 0.157 e. The molecule has 5 heterocycles. The van der Waals surface area contributed by atoms with Gasteiger partial charge >= 0.3 is 0 Å². The van der Waals surface area contributed by atoms with Crippen LogP contribution in [0, 0.1) is 23.0 Å². The summed E-state index contributed by atoms with van der Waals surface area (Å²) in [6, 6.07) is 5.67. The third kappa shape index (κ3) is 2.74. The van der Waals surface area contributed by atoms with Crippen LogP contribution in [0.4, 0.5) is 19.6 Å². The Morgan fingerprint density at radius 1 is 1.14 bits per heavy atom. The maximum absolute atomic E-state index is 16.4. The summed E-state index contributed by atoms with van der Waals surface area (Å²) >= 11 is 0.998. The van der Waals surface area contributed by atoms with Gasteiger partial charge in [0.1, 0.15) is 34.5 Å². The predicted octanol–water partition coefficient (Wildman–Crippen LogP) is 4.17. The Kier molecular flexibility index (Phi) is 4.37. The number of hydrogen-bond acceptors (Lipinski definition) is 8. The summed E-state index contributed by atoms with van der Waals surface area (Å²) in [5, 5.41) is 11.0. The summed E-state index contributed by atoms with van der Waals surface area (Å²) in [5.74, 6) is -0.268. The molecule has 0 saturated carbocycles. The van der Waals surface area contributed by atoms with E-state index >= 15 is 4.39 Å². The lowest BCUT2D eigenvalue weighted by atomic mass is 9.90. The van der Waals surface area contributed by atoms with E-state index in [-0.39, 0.29) is 33.0 Å². The quantitative estimate of drug-likeness (QED) is 0.451. The number of thiophene rings is 1. The van der Waals surface area contributed by atoms with E-state index in [4.69, 9.17) is 10.5 Å². The standard InChI is InChI=1S/C25H20F2N6OS/c1-32-6-12-4-11(32)7-33(12)25-20-16-9-34-8-15(16)18(21(27)22(20)30-10-31-25)13-2-3-17(26)23-19(13)14(5-28)24(29)35-23/h2-3,10-12H,4,6-9,29H2,1H3/t11-,12-/m1/s1. The molecule has 2 N–H and O–H groups in total. The van der Waals surface area contributed by atoms with E-state index in [0.29, 0.717) is 40.6 Å². The van der Waals surface area contributed by atoms with Crippen molar-refractivity contribution in [3.05, 3.63) is 46.8 Å². The van der Waals surface area contributed by atoms with Crippen molar-refractivity contribution in [1.82, 2.24) is 14.9 Å². The average molecular weight is 491 g/mol. The molecule has 176 valence electrons. The fourth-order valence-corrected chi connectivity index (χ4v) is 7.03. The molecule has 0 aliphatic carbocycles. The summed E-state index contributed by atoms with van der Waals surface area (Å²) in [4.78, 5) is 13.6. The van der Waals surface area contributed by atoms with Crippen LogP contribution >= 0.6 is 11.3 Å². The number of rotatable bonds is 2. The van der Waals surface area contributed by atoms with Gasteiger partial charge < -0.3 is 15.4 Å². The number of likely N-dealkylation sites (N-methyl/N-ethyl adjacent to an activating group) is 1. The molecule has 2 atom stereocenters. The monoisotopic (exact) mass is 490 g/mol. The molecule has 7 rings (SSSR count). The van der Waals surface area contributed by atoms with E-state index < -0.39 is 11.6 Å². The molecule has 0 unspecified atom stereocenters. The first-order valence-electron chi connectivity index (χ1n) is 11.4. The largest absolute Gasteiger partial charge is 0.389 e. The van der Waals surface area contributed by atoms with Crippen LogP contribution in [-0.4, -0.2) is 47.1 Å². The number of fused-ring (bicyclic) bond motifs is 6. The second-order valence-electron chi connectivity index (χ2n) is 9.45. The molecule has 3 aliphatic rings. The molecule has 0 spiro atoms. The van der Waals surface area contributed by atoms with Gasteiger partial charge in [-0.3, -0.25) is 4.90 Å². The summed E-state index contributed by atoms with van der Waals surface area (Å²) in [5.41, 5.74) is 8.66. The van der Waals surface area contributed by atoms with Crippen molar-refractivity contribution >= 4 is 43.1 Å². The van der Waals surface area contributed by atoms with E-state index in [0.717, 1.165) is 42.2 Å². The minimum Gasteiger partial charge on any atom is -0.389 e. The average Bonchev–Trinajstić information content (AvgIpc) is 3.62. The first-order valence-corrected chi connectivity index (χ1v) is 12.2. The zero-order chi connectivity index (χ0) is 24.0. The lowest BCUT2D eigenvalue weighted by Crippen LogP contribution is -2.45. The van der Waals surface area contributed by atoms with Crippen LogP contribution in [0.25, 0.3) is 32.1 Å². The normalized spacial score (nSPS) is 21.4. The SMILES string of the molecule is CN1C[C@H]2C[C@@H]1CN2c1ncnc2c(F)c(-c3ccc(F)c4sc(N)c(C#N)c34)c3c(c12)COC3. The van der Waals surface area contributed by atoms with Gasteiger partial charge in [-0.05, 0) is 36.2 Å². The molecule has 0 radical (unpaired) electrons. The Hall–Kier alpha value is -3.39. The van der Waals surface area contributed by atoms with Crippen molar-refractivity contribution in [2.45, 2.75) is 31.7 Å². The number of hydrogen-bond donors (Lipinski definition) is 1. The Balaban J connectivity index is 1.52. The van der Waals surface area contributed by atoms with Crippen molar-refractivity contribution in [3.63, 3.8) is 0 Å². The second-order valence-corrected chi connectivity index (χ2v) is 10.5. The molecular formula is C25H20F2N6OS. The maximum atomic E-state index is 16.4. The van der Waals surface area contributed by atoms with Crippen LogP contribution in [0.3, 0.4) is 0 Å². The Labute approximate surface area is 203 Å². The van der Waals surface area contributed by atoms with Crippen molar-refractivity contribution in [2.75, 3.05) is 30.8 Å². The lowest BCUT2D eigenvalue weighted by Gasteiger charge is -2.33. The number of piperazine rings is 1. The van der Waals surface area contributed by atoms with Crippen LogP contribution in [0.15, 0.2) is 18.5 Å². The third-order valence-corrected chi connectivity index (χ3v) is 8.73. The van der Waals surface area contributed by atoms with Gasteiger partial charge in [-0.25, -0.2) is 18.7 Å². The summed E-state index contributed by atoms with van der Waals surface area (Å²) < 4.78 is 37.1. The zero-order valence-electron chi connectivity index (χ0n) is 18.8. The fraction of sp³-hybridized carbons (Fsp3) is 0.320. The highest BCUT2D eigenvalue weighted by molar-refractivity contribution is 7.23. The van der Waals surface area contributed by atoms with Crippen LogP contribution in [-0.2, 0) is 18.0 Å². The molecule has 7 nitrogen and oxygen atoms in total. The van der Waals surface area contributed by atoms with Gasteiger partial charge in [-0.1, -0.05) is 6.07 Å². The summed E-state index contributed by atoms with van der Waals surface area (Å²) in [6.07, 6.45) is 2.47. The van der Waals surface area contributed by atoms with Gasteiger partial charge in [-0.2, -0.15) is 5.26 Å². The highest BCUT2D eigenvalue weighted by Crippen LogP contribution is 2.47. The number of aromatic nitrogens is 2. The minimum atomic E-state index is -0.518. The van der Waals surface area contributed by atoms with Crippen LogP contribution in [0.2, 0.25) is 0 Å². The van der Waals surface area contributed by atoms with Crippen LogP contribution < -0.4 is 10.6 Å². The van der Waals surface area contributed by atoms with Gasteiger partial charge in [0.2, 0.25) is 0 Å². The van der Waals surface area contributed by atoms with E-state index in [1.165, 1.54) is 18.5 Å². The molecule has 0 amide bonds. The number of ether oxygens (including phenoxy) is 1. The number of anilines is 2. The van der Waals surface area contributed by atoms with Crippen molar-refractivity contribution in [2.24, 2.45) is 0 Å². The number of likely N-dealkylation sites (tertiary alicyclic amines) is 1. The first-order chi connectivity index (χ1) is 17.0. The third-order valence-electron chi connectivity index (χ3n) is 7.70. The molecular weight excluding hydrogens is 470 g/mol. The van der Waals surface area contributed by atoms with Gasteiger partial charge in [0.05, 0.1) is 28.9 Å². The number of nitrogens with two attached hydrogens (primary N) is 1. The molecule has 2 aromatic heterocycles. The molecule has 2 saturated heterocycles. The van der Waals surface area contributed by atoms with Crippen LogP contribution in [0.5, 0.6) is 0 Å². The zero-order valence-corrected chi connectivity index (χ0v) is 19.6. The number of nitrogens with zero attached hydrogens (tertiary/aromatic N) is 5. The molecule has 4 aromatic rings. The maximum Gasteiger partial charge on any atom is 0.157 e. The van der Waals surface area contributed by atoms with Gasteiger partial charge in [0.15, 0.2) is 5.82 Å². The van der Waals surface area contributed by atoms with E-state index in [1.807, 2.05) is 0 Å². The number of halogens is 2. The first kappa shape index (κ1) is 20.9. The number of benzene rings is 2. The Morgan fingerprint density at radius 2 is 1.97 bits per heavy atom. The second kappa shape index (κ2) is 7.31.